The second-order valence-corrected chi connectivity index (χ2v) is 10.1. The number of rotatable bonds is 6. The molecule has 0 fully saturated rings. The van der Waals surface area contributed by atoms with Crippen LogP contribution in [0.2, 0.25) is 0 Å². The highest BCUT2D eigenvalue weighted by molar-refractivity contribution is 7.92. The van der Waals surface area contributed by atoms with E-state index < -0.39 is 31.2 Å². The van der Waals surface area contributed by atoms with Crippen LogP contribution in [0.15, 0.2) is 58.3 Å². The van der Waals surface area contributed by atoms with Crippen molar-refractivity contribution in [3.05, 3.63) is 48.5 Å². The highest BCUT2D eigenvalue weighted by atomic mass is 32.2. The Balaban J connectivity index is 2.30. The van der Waals surface area contributed by atoms with Crippen molar-refractivity contribution in [2.45, 2.75) is 9.79 Å². The Morgan fingerprint density at radius 1 is 0.792 bits per heavy atom. The molecule has 2 aromatic carbocycles. The van der Waals surface area contributed by atoms with Crippen LogP contribution in [0.5, 0.6) is 0 Å². The van der Waals surface area contributed by atoms with Gasteiger partial charge >= 0.3 is 0 Å². The lowest BCUT2D eigenvalue weighted by atomic mass is 10.3. The number of anilines is 2. The Morgan fingerprint density at radius 2 is 1.17 bits per heavy atom. The van der Waals surface area contributed by atoms with Gasteiger partial charge in [0.05, 0.1) is 23.9 Å². The molecule has 0 bridgehead atoms. The van der Waals surface area contributed by atoms with Gasteiger partial charge in [0.15, 0.2) is 9.79 Å². The SMILES string of the molecule is CS(=O)(=O)Nc1cccc([S+]([O-])c2cccc(NS(C)(=O)=O)c2)c1. The lowest BCUT2D eigenvalue weighted by molar-refractivity contribution is 0.594. The zero-order valence-corrected chi connectivity index (χ0v) is 15.3. The van der Waals surface area contributed by atoms with Crippen molar-refractivity contribution in [3.8, 4) is 0 Å². The number of benzene rings is 2. The van der Waals surface area contributed by atoms with Gasteiger partial charge in [-0.15, -0.1) is 0 Å². The van der Waals surface area contributed by atoms with Crippen molar-refractivity contribution in [2.75, 3.05) is 22.0 Å². The number of nitrogens with one attached hydrogen (secondary N) is 2. The molecule has 0 radical (unpaired) electrons. The molecule has 2 rings (SSSR count). The average Bonchev–Trinajstić information content (AvgIpc) is 2.43. The molecule has 24 heavy (non-hydrogen) atoms. The van der Waals surface area contributed by atoms with Crippen LogP contribution in [0, 0.1) is 0 Å². The fraction of sp³-hybridized carbons (Fsp3) is 0.143. The first-order chi connectivity index (χ1) is 11.0. The average molecular weight is 388 g/mol. The van der Waals surface area contributed by atoms with Gasteiger partial charge in [-0.25, -0.2) is 16.8 Å². The Kier molecular flexibility index (Phi) is 5.43. The smallest absolute Gasteiger partial charge is 0.229 e. The Labute approximate surface area is 144 Å². The van der Waals surface area contributed by atoms with E-state index >= 15 is 0 Å². The van der Waals surface area contributed by atoms with E-state index in [1.54, 1.807) is 36.4 Å². The maximum atomic E-state index is 12.6. The topological polar surface area (TPSA) is 115 Å². The van der Waals surface area contributed by atoms with E-state index in [-0.39, 0.29) is 0 Å². The minimum absolute atomic E-state index is 0.300. The molecule has 0 amide bonds. The Hall–Kier alpha value is -1.75. The third kappa shape index (κ3) is 5.71. The van der Waals surface area contributed by atoms with Crippen molar-refractivity contribution in [3.63, 3.8) is 0 Å². The predicted molar refractivity (Wildman–Crippen MR) is 94.5 cm³/mol. The molecular formula is C14H16N2O5S3. The second kappa shape index (κ2) is 7.01. The van der Waals surface area contributed by atoms with Crippen molar-refractivity contribution in [1.29, 1.82) is 0 Å². The van der Waals surface area contributed by atoms with Gasteiger partial charge in [-0.3, -0.25) is 9.44 Å². The number of sulfonamides is 2. The summed E-state index contributed by atoms with van der Waals surface area (Å²) in [7, 11) is -6.87. The van der Waals surface area contributed by atoms with Gasteiger partial charge in [-0.2, -0.15) is 0 Å². The highest BCUT2D eigenvalue weighted by Crippen LogP contribution is 2.25. The molecule has 0 saturated carbocycles. The summed E-state index contributed by atoms with van der Waals surface area (Å²) in [4.78, 5) is 0.778. The maximum Gasteiger partial charge on any atom is 0.229 e. The molecule has 0 aliphatic heterocycles. The molecule has 2 N–H and O–H groups in total. The quantitative estimate of drug-likeness (QED) is 0.729. The van der Waals surface area contributed by atoms with Gasteiger partial charge in [0.1, 0.15) is 0 Å². The fourth-order valence-electron chi connectivity index (χ4n) is 1.91. The third-order valence-electron chi connectivity index (χ3n) is 2.70. The van der Waals surface area contributed by atoms with Crippen molar-refractivity contribution < 1.29 is 21.4 Å². The lowest BCUT2D eigenvalue weighted by Gasteiger charge is -2.12. The number of hydrogen-bond acceptors (Lipinski definition) is 5. The summed E-state index contributed by atoms with van der Waals surface area (Å²) in [5.41, 5.74) is 0.600. The molecule has 0 aromatic heterocycles. The van der Waals surface area contributed by atoms with Crippen LogP contribution >= 0.6 is 0 Å². The normalized spacial score (nSPS) is 12.2. The van der Waals surface area contributed by atoms with Crippen molar-refractivity contribution in [2.24, 2.45) is 0 Å². The second-order valence-electron chi connectivity index (χ2n) is 5.07. The van der Waals surface area contributed by atoms with Gasteiger partial charge in [0.2, 0.25) is 20.0 Å². The Morgan fingerprint density at radius 3 is 1.50 bits per heavy atom. The molecule has 130 valence electrons. The highest BCUT2D eigenvalue weighted by Gasteiger charge is 2.17. The third-order valence-corrected chi connectivity index (χ3v) is 5.28. The predicted octanol–water partition coefficient (Wildman–Crippen LogP) is 1.60. The summed E-state index contributed by atoms with van der Waals surface area (Å²) in [5, 5.41) is 0. The van der Waals surface area contributed by atoms with E-state index in [1.807, 2.05) is 0 Å². The molecule has 2 aromatic rings. The number of hydrogen-bond donors (Lipinski definition) is 2. The minimum Gasteiger partial charge on any atom is -0.606 e. The van der Waals surface area contributed by atoms with Crippen LogP contribution in [0.1, 0.15) is 0 Å². The zero-order chi connectivity index (χ0) is 18.0. The van der Waals surface area contributed by atoms with Crippen LogP contribution in [0.3, 0.4) is 0 Å². The summed E-state index contributed by atoms with van der Waals surface area (Å²) in [5.74, 6) is 0. The standard InChI is InChI=1S/C14H16N2O5S3/c1-23(18,19)15-11-5-3-7-13(9-11)22(17)14-8-4-6-12(10-14)16-24(2,20)21/h3-10,15-16H,1-2H3. The van der Waals surface area contributed by atoms with E-state index in [0.29, 0.717) is 21.2 Å². The lowest BCUT2D eigenvalue weighted by Crippen LogP contribution is -2.11. The molecule has 10 heteroatoms. The molecule has 0 aliphatic rings. The molecular weight excluding hydrogens is 372 g/mol. The minimum atomic E-state index is -3.44. The summed E-state index contributed by atoms with van der Waals surface area (Å²) < 4.78 is 62.4. The zero-order valence-electron chi connectivity index (χ0n) is 12.9. The summed E-state index contributed by atoms with van der Waals surface area (Å²) >= 11 is -1.59. The van der Waals surface area contributed by atoms with Gasteiger partial charge in [-0.1, -0.05) is 12.1 Å². The van der Waals surface area contributed by atoms with Crippen LogP contribution in [-0.2, 0) is 31.2 Å². The van der Waals surface area contributed by atoms with E-state index in [1.165, 1.54) is 12.1 Å². The van der Waals surface area contributed by atoms with Crippen LogP contribution < -0.4 is 9.44 Å². The first kappa shape index (κ1) is 18.6. The van der Waals surface area contributed by atoms with Crippen LogP contribution in [-0.4, -0.2) is 33.9 Å². The van der Waals surface area contributed by atoms with E-state index in [2.05, 4.69) is 9.44 Å². The monoisotopic (exact) mass is 388 g/mol. The van der Waals surface area contributed by atoms with Gasteiger partial charge < -0.3 is 4.55 Å². The molecule has 0 atom stereocenters. The van der Waals surface area contributed by atoms with E-state index in [4.69, 9.17) is 0 Å². The maximum absolute atomic E-state index is 12.6. The fourth-order valence-corrected chi connectivity index (χ4v) is 4.17. The largest absolute Gasteiger partial charge is 0.606 e. The summed E-state index contributed by atoms with van der Waals surface area (Å²) in [6, 6.07) is 12.4. The van der Waals surface area contributed by atoms with Crippen molar-refractivity contribution >= 4 is 42.6 Å². The van der Waals surface area contributed by atoms with Gasteiger partial charge in [0, 0.05) is 23.3 Å². The van der Waals surface area contributed by atoms with Crippen molar-refractivity contribution in [1.82, 2.24) is 0 Å². The molecule has 0 saturated heterocycles. The first-order valence-electron chi connectivity index (χ1n) is 6.61. The van der Waals surface area contributed by atoms with E-state index in [0.717, 1.165) is 12.5 Å². The molecule has 0 spiro atoms. The van der Waals surface area contributed by atoms with Gasteiger partial charge in [0.25, 0.3) is 0 Å². The Bertz CT molecular complexity index is 865. The molecule has 0 aliphatic carbocycles. The first-order valence-corrected chi connectivity index (χ1v) is 11.5. The summed E-state index contributed by atoms with van der Waals surface area (Å²) in [6.07, 6.45) is 2.05. The van der Waals surface area contributed by atoms with Gasteiger partial charge in [-0.05, 0) is 24.3 Å². The van der Waals surface area contributed by atoms with E-state index in [9.17, 15) is 21.4 Å². The molecule has 0 unspecified atom stereocenters. The molecule has 7 nitrogen and oxygen atoms in total. The van der Waals surface area contributed by atoms with Crippen LogP contribution in [0.25, 0.3) is 0 Å². The summed E-state index contributed by atoms with van der Waals surface area (Å²) in [6.45, 7) is 0. The van der Waals surface area contributed by atoms with Crippen LogP contribution in [0.4, 0.5) is 11.4 Å². The molecule has 0 heterocycles.